The number of hydrogen-bond acceptors (Lipinski definition) is 6. The number of amides is 1. The summed E-state index contributed by atoms with van der Waals surface area (Å²) in [7, 11) is 1.59. The van der Waals surface area contributed by atoms with Crippen molar-refractivity contribution in [1.82, 2.24) is 20.8 Å². The molecular formula is C18H24ClFN4O3. The fraction of sp³-hybridized carbons (Fsp3) is 0.500. The topological polar surface area (TPSA) is 89.3 Å². The maximum absolute atomic E-state index is 13.1. The van der Waals surface area contributed by atoms with E-state index in [4.69, 9.17) is 9.26 Å². The van der Waals surface area contributed by atoms with Gasteiger partial charge in [0.2, 0.25) is 17.6 Å². The maximum atomic E-state index is 13.1. The molecule has 1 aromatic carbocycles. The number of nitrogens with zero attached hydrogens (tertiary/aromatic N) is 2. The van der Waals surface area contributed by atoms with Crippen molar-refractivity contribution in [3.8, 4) is 17.1 Å². The Kier molecular flexibility index (Phi) is 7.99. The van der Waals surface area contributed by atoms with Gasteiger partial charge in [-0.05, 0) is 25.0 Å². The van der Waals surface area contributed by atoms with Crippen LogP contribution in [-0.2, 0) is 11.2 Å². The molecule has 1 amide bonds. The Balaban J connectivity index is 0.00000261. The average Bonchev–Trinajstić information content (AvgIpc) is 3.29. The van der Waals surface area contributed by atoms with Crippen molar-refractivity contribution in [2.24, 2.45) is 0 Å². The molecule has 148 valence electrons. The van der Waals surface area contributed by atoms with E-state index in [0.717, 1.165) is 5.56 Å². The van der Waals surface area contributed by atoms with E-state index in [-0.39, 0.29) is 24.4 Å². The van der Waals surface area contributed by atoms with Gasteiger partial charge < -0.3 is 19.9 Å². The van der Waals surface area contributed by atoms with Crippen LogP contribution in [-0.4, -0.2) is 48.5 Å². The number of aryl methyl sites for hydroxylation is 1. The molecule has 1 saturated heterocycles. The molecule has 2 heterocycles. The van der Waals surface area contributed by atoms with Crippen molar-refractivity contribution in [3.05, 3.63) is 30.2 Å². The van der Waals surface area contributed by atoms with Crippen molar-refractivity contribution < 1.29 is 18.4 Å². The smallest absolute Gasteiger partial charge is 0.226 e. The molecule has 1 aliphatic rings. The summed E-state index contributed by atoms with van der Waals surface area (Å²) in [5.74, 6) is 1.57. The number of aromatic nitrogens is 2. The Morgan fingerprint density at radius 3 is 3.00 bits per heavy atom. The molecule has 2 aromatic rings. The summed E-state index contributed by atoms with van der Waals surface area (Å²) in [5, 5.41) is 9.84. The van der Waals surface area contributed by atoms with Crippen LogP contribution >= 0.6 is 12.4 Å². The van der Waals surface area contributed by atoms with Gasteiger partial charge in [-0.2, -0.15) is 4.98 Å². The molecule has 9 heteroatoms. The molecule has 2 atom stereocenters. The molecule has 27 heavy (non-hydrogen) atoms. The second kappa shape index (κ2) is 10.2. The maximum Gasteiger partial charge on any atom is 0.226 e. The molecule has 1 fully saturated rings. The minimum Gasteiger partial charge on any atom is -0.496 e. The zero-order valence-corrected chi connectivity index (χ0v) is 15.9. The molecule has 0 bridgehead atoms. The number of benzene rings is 1. The summed E-state index contributed by atoms with van der Waals surface area (Å²) in [6.07, 6.45) is 1.12. The lowest BCUT2D eigenvalue weighted by Gasteiger charge is -2.10. The van der Waals surface area contributed by atoms with Gasteiger partial charge in [-0.25, -0.2) is 4.39 Å². The number of para-hydroxylation sites is 1. The van der Waals surface area contributed by atoms with Gasteiger partial charge in [0, 0.05) is 32.0 Å². The van der Waals surface area contributed by atoms with Crippen molar-refractivity contribution >= 4 is 18.3 Å². The predicted octanol–water partition coefficient (Wildman–Crippen LogP) is 2.31. The molecule has 0 radical (unpaired) electrons. The van der Waals surface area contributed by atoms with Crippen LogP contribution in [0.4, 0.5) is 4.39 Å². The van der Waals surface area contributed by atoms with Gasteiger partial charge in [-0.3, -0.25) is 4.79 Å². The van der Waals surface area contributed by atoms with Gasteiger partial charge in [0.15, 0.2) is 0 Å². The van der Waals surface area contributed by atoms with Crippen LogP contribution in [0.5, 0.6) is 5.75 Å². The lowest BCUT2D eigenvalue weighted by atomic mass is 10.2. The van der Waals surface area contributed by atoms with Gasteiger partial charge in [0.05, 0.1) is 12.7 Å². The minimum atomic E-state index is -0.813. The van der Waals surface area contributed by atoms with E-state index in [0.29, 0.717) is 56.2 Å². The highest BCUT2D eigenvalue weighted by atomic mass is 35.5. The number of carbonyl (C=O) groups is 1. The Bertz CT molecular complexity index is 743. The molecular weight excluding hydrogens is 375 g/mol. The van der Waals surface area contributed by atoms with E-state index in [2.05, 4.69) is 20.8 Å². The van der Waals surface area contributed by atoms with Crippen LogP contribution in [0.2, 0.25) is 0 Å². The van der Waals surface area contributed by atoms with Crippen LogP contribution in [0.25, 0.3) is 11.4 Å². The van der Waals surface area contributed by atoms with E-state index >= 15 is 0 Å². The monoisotopic (exact) mass is 398 g/mol. The minimum absolute atomic E-state index is 0. The number of alkyl halides is 1. The van der Waals surface area contributed by atoms with Crippen molar-refractivity contribution in [2.75, 3.05) is 20.2 Å². The highest BCUT2D eigenvalue weighted by Crippen LogP contribution is 2.27. The lowest BCUT2D eigenvalue weighted by molar-refractivity contribution is -0.121. The standard InChI is InChI=1S/C18H23FN4O3.ClH/c1-25-15-6-3-2-5-14(15)18-22-17(26-23-18)8-4-7-16(24)21-11-13-9-12(19)10-20-13;/h2-3,5-6,12-13,20H,4,7-11H2,1H3,(H,21,24);1H/t12-,13-;/m0./s1. The van der Waals surface area contributed by atoms with Gasteiger partial charge in [-0.1, -0.05) is 17.3 Å². The van der Waals surface area contributed by atoms with E-state index in [1.807, 2.05) is 24.3 Å². The fourth-order valence-corrected chi connectivity index (χ4v) is 2.95. The molecule has 7 nitrogen and oxygen atoms in total. The zero-order valence-electron chi connectivity index (χ0n) is 15.1. The summed E-state index contributed by atoms with van der Waals surface area (Å²) in [6, 6.07) is 7.47. The Morgan fingerprint density at radius 2 is 2.26 bits per heavy atom. The molecule has 3 rings (SSSR count). The number of halogens is 2. The number of hydrogen-bond donors (Lipinski definition) is 2. The second-order valence-electron chi connectivity index (χ2n) is 6.31. The quantitative estimate of drug-likeness (QED) is 0.709. The lowest BCUT2D eigenvalue weighted by Crippen LogP contribution is -2.37. The summed E-state index contributed by atoms with van der Waals surface area (Å²) in [5.41, 5.74) is 0.762. The first-order valence-electron chi connectivity index (χ1n) is 8.76. The molecule has 0 spiro atoms. The summed E-state index contributed by atoms with van der Waals surface area (Å²) < 4.78 is 23.6. The Hall–Kier alpha value is -2.19. The Labute approximate surface area is 163 Å². The van der Waals surface area contributed by atoms with Crippen molar-refractivity contribution in [1.29, 1.82) is 0 Å². The first kappa shape index (κ1) is 21.1. The van der Waals surface area contributed by atoms with Gasteiger partial charge in [0.25, 0.3) is 0 Å². The van der Waals surface area contributed by atoms with E-state index < -0.39 is 6.17 Å². The Morgan fingerprint density at radius 1 is 1.44 bits per heavy atom. The summed E-state index contributed by atoms with van der Waals surface area (Å²) in [6.45, 7) is 0.823. The van der Waals surface area contributed by atoms with E-state index in [1.165, 1.54) is 0 Å². The number of methoxy groups -OCH3 is 1. The van der Waals surface area contributed by atoms with Gasteiger partial charge >= 0.3 is 0 Å². The van der Waals surface area contributed by atoms with Crippen molar-refractivity contribution in [3.63, 3.8) is 0 Å². The molecule has 2 N–H and O–H groups in total. The van der Waals surface area contributed by atoms with Gasteiger partial charge in [0.1, 0.15) is 11.9 Å². The second-order valence-corrected chi connectivity index (χ2v) is 6.31. The first-order chi connectivity index (χ1) is 12.7. The zero-order chi connectivity index (χ0) is 18.4. The third-order valence-electron chi connectivity index (χ3n) is 4.32. The van der Waals surface area contributed by atoms with Crippen molar-refractivity contribution in [2.45, 2.75) is 37.9 Å². The predicted molar refractivity (Wildman–Crippen MR) is 101 cm³/mol. The molecule has 0 aliphatic carbocycles. The van der Waals surface area contributed by atoms with E-state index in [9.17, 15) is 9.18 Å². The number of carbonyl (C=O) groups excluding carboxylic acids is 1. The van der Waals surface area contributed by atoms with Crippen LogP contribution in [0.15, 0.2) is 28.8 Å². The van der Waals surface area contributed by atoms with Crippen LogP contribution in [0.1, 0.15) is 25.2 Å². The highest BCUT2D eigenvalue weighted by molar-refractivity contribution is 5.85. The molecule has 1 aromatic heterocycles. The number of ether oxygens (including phenoxy) is 1. The average molecular weight is 399 g/mol. The third-order valence-corrected chi connectivity index (χ3v) is 4.32. The number of nitrogens with one attached hydrogen (secondary N) is 2. The molecule has 1 aliphatic heterocycles. The number of rotatable bonds is 8. The molecule has 0 unspecified atom stereocenters. The van der Waals surface area contributed by atoms with Crippen LogP contribution in [0.3, 0.4) is 0 Å². The van der Waals surface area contributed by atoms with Crippen LogP contribution in [0, 0.1) is 0 Å². The first-order valence-corrected chi connectivity index (χ1v) is 8.76. The molecule has 0 saturated carbocycles. The summed E-state index contributed by atoms with van der Waals surface area (Å²) in [4.78, 5) is 16.2. The van der Waals surface area contributed by atoms with E-state index in [1.54, 1.807) is 7.11 Å². The highest BCUT2D eigenvalue weighted by Gasteiger charge is 2.23. The van der Waals surface area contributed by atoms with Gasteiger partial charge in [-0.15, -0.1) is 12.4 Å². The summed E-state index contributed by atoms with van der Waals surface area (Å²) >= 11 is 0. The largest absolute Gasteiger partial charge is 0.496 e. The third kappa shape index (κ3) is 5.90. The normalized spacial score (nSPS) is 18.7. The van der Waals surface area contributed by atoms with Crippen LogP contribution < -0.4 is 15.4 Å². The fourth-order valence-electron chi connectivity index (χ4n) is 2.95. The SMILES string of the molecule is COc1ccccc1-c1noc(CCCC(=O)NC[C@@H]2C[C@H](F)CN2)n1.Cl.